The molecule has 0 spiro atoms. The number of piperidine rings is 1. The Balaban J connectivity index is 1.35. The standard InChI is InChI=1S/C27H31N7O4/c1-17(15-35)29-26(36)20-14-22(31-27(30-20)38-16-18-6-4-3-5-7-18)34-12-9-19(10-13-34)24-23-21(37-2)8-11-28-25(23)33-32-24/h3-8,11,14,17,19,35H,9-10,12-13,15-16H2,1-2H3,(H,29,36)(H,28,32,33)/t17-/m1/s1. The fourth-order valence-corrected chi connectivity index (χ4v) is 4.62. The van der Waals surface area contributed by atoms with E-state index in [4.69, 9.17) is 9.47 Å². The molecule has 3 N–H and O–H groups in total. The smallest absolute Gasteiger partial charge is 0.319 e. The second-order valence-electron chi connectivity index (χ2n) is 9.34. The molecule has 198 valence electrons. The van der Waals surface area contributed by atoms with E-state index in [0.29, 0.717) is 11.5 Å². The van der Waals surface area contributed by atoms with Gasteiger partial charge >= 0.3 is 6.01 Å². The van der Waals surface area contributed by atoms with Crippen molar-refractivity contribution in [3.05, 3.63) is 65.6 Å². The fourth-order valence-electron chi connectivity index (χ4n) is 4.62. The highest BCUT2D eigenvalue weighted by atomic mass is 16.5. The molecule has 3 aromatic heterocycles. The van der Waals surface area contributed by atoms with Gasteiger partial charge in [-0.15, -0.1) is 0 Å². The number of nitrogens with one attached hydrogen (secondary N) is 2. The van der Waals surface area contributed by atoms with Gasteiger partial charge in [0.15, 0.2) is 5.65 Å². The highest BCUT2D eigenvalue weighted by Crippen LogP contribution is 2.36. The molecule has 0 aliphatic carbocycles. The molecular formula is C27H31N7O4. The van der Waals surface area contributed by atoms with Gasteiger partial charge in [0.1, 0.15) is 23.9 Å². The topological polar surface area (TPSA) is 138 Å². The summed E-state index contributed by atoms with van der Waals surface area (Å²) in [6.07, 6.45) is 3.39. The number of aromatic amines is 1. The summed E-state index contributed by atoms with van der Waals surface area (Å²) in [4.78, 5) is 28.3. The number of hydrogen-bond donors (Lipinski definition) is 3. The van der Waals surface area contributed by atoms with Gasteiger partial charge in [-0.1, -0.05) is 30.3 Å². The van der Waals surface area contributed by atoms with E-state index in [1.54, 1.807) is 26.3 Å². The molecule has 38 heavy (non-hydrogen) atoms. The minimum atomic E-state index is -0.402. The Hall–Kier alpha value is -4.25. The van der Waals surface area contributed by atoms with Crippen molar-refractivity contribution in [2.45, 2.75) is 38.3 Å². The Kier molecular flexibility index (Phi) is 7.64. The Morgan fingerprint density at radius 2 is 2.00 bits per heavy atom. The molecule has 0 saturated carbocycles. The number of ether oxygens (including phenoxy) is 2. The molecule has 1 saturated heterocycles. The highest BCUT2D eigenvalue weighted by molar-refractivity contribution is 5.93. The van der Waals surface area contributed by atoms with Crippen LogP contribution in [0.25, 0.3) is 11.0 Å². The van der Waals surface area contributed by atoms with Crippen molar-refractivity contribution in [2.24, 2.45) is 0 Å². The second-order valence-corrected chi connectivity index (χ2v) is 9.34. The first kappa shape index (κ1) is 25.4. The van der Waals surface area contributed by atoms with Crippen molar-refractivity contribution < 1.29 is 19.4 Å². The zero-order valence-electron chi connectivity index (χ0n) is 21.4. The second kappa shape index (κ2) is 11.4. The summed E-state index contributed by atoms with van der Waals surface area (Å²) in [7, 11) is 1.65. The van der Waals surface area contributed by atoms with Crippen molar-refractivity contribution in [3.63, 3.8) is 0 Å². The molecule has 11 nitrogen and oxygen atoms in total. The van der Waals surface area contributed by atoms with E-state index in [9.17, 15) is 9.90 Å². The quantitative estimate of drug-likeness (QED) is 0.306. The van der Waals surface area contributed by atoms with Gasteiger partial charge in [0.2, 0.25) is 0 Å². The van der Waals surface area contributed by atoms with Gasteiger partial charge in [0.25, 0.3) is 5.91 Å². The predicted molar refractivity (Wildman–Crippen MR) is 141 cm³/mol. The molecule has 5 rings (SSSR count). The van der Waals surface area contributed by atoms with E-state index in [1.165, 1.54) is 0 Å². The van der Waals surface area contributed by atoms with Crippen LogP contribution >= 0.6 is 0 Å². The molecule has 0 radical (unpaired) electrons. The van der Waals surface area contributed by atoms with Crippen molar-refractivity contribution in [1.82, 2.24) is 30.5 Å². The van der Waals surface area contributed by atoms with Gasteiger partial charge in [0, 0.05) is 37.3 Å². The Labute approximate surface area is 220 Å². The molecule has 1 fully saturated rings. The number of benzene rings is 1. The number of aromatic nitrogens is 5. The lowest BCUT2D eigenvalue weighted by molar-refractivity contribution is 0.0915. The average molecular weight is 518 g/mol. The zero-order chi connectivity index (χ0) is 26.5. The average Bonchev–Trinajstić information content (AvgIpc) is 3.41. The first-order valence-electron chi connectivity index (χ1n) is 12.6. The summed E-state index contributed by atoms with van der Waals surface area (Å²) in [5.41, 5.74) is 2.83. The van der Waals surface area contributed by atoms with Crippen LogP contribution < -0.4 is 19.7 Å². The Morgan fingerprint density at radius 1 is 1.21 bits per heavy atom. The largest absolute Gasteiger partial charge is 0.496 e. The first-order chi connectivity index (χ1) is 18.6. The van der Waals surface area contributed by atoms with Crippen LogP contribution in [0.15, 0.2) is 48.7 Å². The number of methoxy groups -OCH3 is 1. The number of rotatable bonds is 9. The third kappa shape index (κ3) is 5.52. The number of aliphatic hydroxyl groups excluding tert-OH is 1. The van der Waals surface area contributed by atoms with Crippen LogP contribution in [0, 0.1) is 0 Å². The molecule has 4 heterocycles. The number of amides is 1. The number of carbonyl (C=O) groups is 1. The molecular weight excluding hydrogens is 486 g/mol. The summed E-state index contributed by atoms with van der Waals surface area (Å²) in [6, 6.07) is 13.0. The summed E-state index contributed by atoms with van der Waals surface area (Å²) >= 11 is 0. The van der Waals surface area contributed by atoms with Crippen LogP contribution in [-0.2, 0) is 6.61 Å². The number of fused-ring (bicyclic) bond motifs is 1. The van der Waals surface area contributed by atoms with Crippen molar-refractivity contribution in [3.8, 4) is 11.8 Å². The maximum absolute atomic E-state index is 12.9. The van der Waals surface area contributed by atoms with Gasteiger partial charge in [-0.2, -0.15) is 15.1 Å². The number of H-pyrrole nitrogens is 1. The zero-order valence-corrected chi connectivity index (χ0v) is 21.4. The van der Waals surface area contributed by atoms with E-state index in [1.807, 2.05) is 36.4 Å². The maximum atomic E-state index is 12.9. The molecule has 4 aromatic rings. The van der Waals surface area contributed by atoms with Crippen molar-refractivity contribution >= 4 is 22.8 Å². The van der Waals surface area contributed by atoms with Crippen LogP contribution in [-0.4, -0.2) is 69.0 Å². The van der Waals surface area contributed by atoms with E-state index in [0.717, 1.165) is 48.3 Å². The summed E-state index contributed by atoms with van der Waals surface area (Å²) in [5.74, 6) is 1.23. The van der Waals surface area contributed by atoms with Crippen molar-refractivity contribution in [2.75, 3.05) is 31.7 Å². The summed E-state index contributed by atoms with van der Waals surface area (Å²) in [6.45, 7) is 3.27. The molecule has 1 aliphatic rings. The van der Waals surface area contributed by atoms with Crippen molar-refractivity contribution in [1.29, 1.82) is 0 Å². The van der Waals surface area contributed by atoms with Gasteiger partial charge in [-0.05, 0) is 31.4 Å². The summed E-state index contributed by atoms with van der Waals surface area (Å²) < 4.78 is 11.4. The van der Waals surface area contributed by atoms with Crippen LogP contribution in [0.1, 0.15) is 47.4 Å². The van der Waals surface area contributed by atoms with Crippen LogP contribution in [0.4, 0.5) is 5.82 Å². The van der Waals surface area contributed by atoms with E-state index < -0.39 is 11.9 Å². The third-order valence-corrected chi connectivity index (χ3v) is 6.68. The molecule has 0 bridgehead atoms. The number of nitrogens with zero attached hydrogens (tertiary/aromatic N) is 5. The lowest BCUT2D eigenvalue weighted by Gasteiger charge is -2.32. The summed E-state index contributed by atoms with van der Waals surface area (Å²) in [5, 5.41) is 20.6. The lowest BCUT2D eigenvalue weighted by atomic mass is 9.92. The van der Waals surface area contributed by atoms with Gasteiger partial charge in [0.05, 0.1) is 24.8 Å². The minimum absolute atomic E-state index is 0.130. The van der Waals surface area contributed by atoms with E-state index in [2.05, 4.69) is 35.4 Å². The Bertz CT molecular complexity index is 1390. The van der Waals surface area contributed by atoms with Gasteiger partial charge in [-0.25, -0.2) is 4.98 Å². The van der Waals surface area contributed by atoms with Crippen LogP contribution in [0.3, 0.4) is 0 Å². The first-order valence-corrected chi connectivity index (χ1v) is 12.6. The van der Waals surface area contributed by atoms with Gasteiger partial charge in [-0.3, -0.25) is 9.89 Å². The molecule has 1 aromatic carbocycles. The number of carbonyl (C=O) groups excluding carboxylic acids is 1. The predicted octanol–water partition coefficient (Wildman–Crippen LogP) is 2.83. The fraction of sp³-hybridized carbons (Fsp3) is 0.370. The number of aliphatic hydroxyl groups is 1. The maximum Gasteiger partial charge on any atom is 0.319 e. The van der Waals surface area contributed by atoms with E-state index in [-0.39, 0.29) is 30.8 Å². The normalized spacial score (nSPS) is 14.9. The molecule has 1 aliphatic heterocycles. The highest BCUT2D eigenvalue weighted by Gasteiger charge is 2.27. The van der Waals surface area contributed by atoms with Crippen LogP contribution in [0.2, 0.25) is 0 Å². The van der Waals surface area contributed by atoms with E-state index >= 15 is 0 Å². The van der Waals surface area contributed by atoms with Gasteiger partial charge < -0.3 is 24.8 Å². The van der Waals surface area contributed by atoms with Crippen LogP contribution in [0.5, 0.6) is 11.8 Å². The third-order valence-electron chi connectivity index (χ3n) is 6.68. The molecule has 11 heteroatoms. The Morgan fingerprint density at radius 3 is 2.74 bits per heavy atom. The number of hydrogen-bond acceptors (Lipinski definition) is 9. The SMILES string of the molecule is COc1ccnc2n[nH]c(C3CCN(c4cc(C(=O)N[C@H](C)CO)nc(OCc5ccccc5)n4)CC3)c12. The number of anilines is 1. The molecule has 0 unspecified atom stereocenters. The molecule has 1 amide bonds. The molecule has 1 atom stereocenters. The lowest BCUT2D eigenvalue weighted by Crippen LogP contribution is -2.36. The monoisotopic (exact) mass is 517 g/mol. The number of pyridine rings is 1. The minimum Gasteiger partial charge on any atom is -0.496 e.